The smallest absolute Gasteiger partial charge is 0.317 e. The van der Waals surface area contributed by atoms with Gasteiger partial charge in [0.05, 0.1) is 11.7 Å². The molecule has 21 heavy (non-hydrogen) atoms. The summed E-state index contributed by atoms with van der Waals surface area (Å²) in [5, 5.41) is 11.9. The molecule has 1 fully saturated rings. The zero-order chi connectivity index (χ0) is 16.0. The van der Waals surface area contributed by atoms with E-state index >= 15 is 0 Å². The number of sulfone groups is 1. The predicted molar refractivity (Wildman–Crippen MR) is 78.8 cm³/mol. The summed E-state index contributed by atoms with van der Waals surface area (Å²) >= 11 is 0. The van der Waals surface area contributed by atoms with Crippen LogP contribution in [-0.4, -0.2) is 62.6 Å². The van der Waals surface area contributed by atoms with Crippen LogP contribution in [0.2, 0.25) is 0 Å². The lowest BCUT2D eigenvalue weighted by Crippen LogP contribution is -2.43. The molecule has 0 spiro atoms. The van der Waals surface area contributed by atoms with Crippen LogP contribution in [0.1, 0.15) is 25.7 Å². The van der Waals surface area contributed by atoms with Crippen molar-refractivity contribution in [1.29, 1.82) is 0 Å². The Morgan fingerprint density at radius 3 is 2.48 bits per heavy atom. The Morgan fingerprint density at radius 1 is 1.29 bits per heavy atom. The lowest BCUT2D eigenvalue weighted by molar-refractivity contribution is -0.144. The second kappa shape index (κ2) is 7.63. The fraction of sp³-hybridized carbons (Fsp3) is 0.846. The molecule has 2 amide bonds. The molecule has 0 radical (unpaired) electrons. The average Bonchev–Trinajstić information content (AvgIpc) is 2.41. The van der Waals surface area contributed by atoms with Crippen molar-refractivity contribution in [2.24, 2.45) is 11.8 Å². The number of urea groups is 1. The number of hydrogen-bond donors (Lipinski definition) is 2. The summed E-state index contributed by atoms with van der Waals surface area (Å²) in [5.74, 6) is -1.35. The Bertz CT molecular complexity index is 477. The zero-order valence-corrected chi connectivity index (χ0v) is 13.4. The van der Waals surface area contributed by atoms with Gasteiger partial charge in [0.25, 0.3) is 0 Å². The van der Waals surface area contributed by atoms with Crippen molar-refractivity contribution in [2.75, 3.05) is 32.1 Å². The van der Waals surface area contributed by atoms with E-state index in [2.05, 4.69) is 5.32 Å². The number of carboxylic acid groups (broad SMARTS) is 1. The maximum atomic E-state index is 11.9. The van der Waals surface area contributed by atoms with E-state index in [1.54, 1.807) is 0 Å². The molecule has 1 aliphatic rings. The Hall–Kier alpha value is -1.31. The third kappa shape index (κ3) is 6.33. The summed E-state index contributed by atoms with van der Waals surface area (Å²) in [6, 6.07) is -0.367. The highest BCUT2D eigenvalue weighted by atomic mass is 32.2. The quantitative estimate of drug-likeness (QED) is 0.744. The minimum Gasteiger partial charge on any atom is -0.481 e. The van der Waals surface area contributed by atoms with E-state index in [1.165, 1.54) is 11.9 Å². The average molecular weight is 320 g/mol. The van der Waals surface area contributed by atoms with Crippen LogP contribution in [0.4, 0.5) is 4.79 Å². The van der Waals surface area contributed by atoms with Crippen LogP contribution >= 0.6 is 0 Å². The number of nitrogens with zero attached hydrogens (tertiary/aromatic N) is 1. The molecular weight excluding hydrogens is 296 g/mol. The Kier molecular flexibility index (Phi) is 6.44. The van der Waals surface area contributed by atoms with Gasteiger partial charge in [-0.15, -0.1) is 0 Å². The van der Waals surface area contributed by atoms with Gasteiger partial charge in [0, 0.05) is 26.4 Å². The largest absolute Gasteiger partial charge is 0.481 e. The van der Waals surface area contributed by atoms with Crippen LogP contribution in [0, 0.1) is 11.8 Å². The van der Waals surface area contributed by atoms with Crippen molar-refractivity contribution < 1.29 is 23.1 Å². The molecule has 0 aliphatic heterocycles. The van der Waals surface area contributed by atoms with Gasteiger partial charge in [-0.2, -0.15) is 0 Å². The first-order valence-electron chi connectivity index (χ1n) is 7.10. The fourth-order valence-electron chi connectivity index (χ4n) is 2.53. The molecule has 1 rings (SSSR count). The normalized spacial score (nSPS) is 22.6. The highest BCUT2D eigenvalue weighted by Crippen LogP contribution is 2.29. The number of rotatable bonds is 6. The standard InChI is InChI=1S/C13H24N2O5S/c1-15(7-8-21(2,19)20)13(18)14-9-10-5-3-4-6-11(10)12(16)17/h10-11H,3-9H2,1-2H3,(H,14,18)(H,16,17). The minimum atomic E-state index is -3.11. The van der Waals surface area contributed by atoms with Crippen molar-refractivity contribution in [1.82, 2.24) is 10.2 Å². The van der Waals surface area contributed by atoms with Crippen LogP contribution in [0.5, 0.6) is 0 Å². The summed E-state index contributed by atoms with van der Waals surface area (Å²) in [6.07, 6.45) is 4.46. The van der Waals surface area contributed by atoms with Crippen molar-refractivity contribution >= 4 is 21.8 Å². The number of carbonyl (C=O) groups excluding carboxylic acids is 1. The number of hydrogen-bond acceptors (Lipinski definition) is 4. The lowest BCUT2D eigenvalue weighted by atomic mass is 9.79. The molecular formula is C13H24N2O5S. The van der Waals surface area contributed by atoms with E-state index in [9.17, 15) is 18.0 Å². The predicted octanol–water partition coefficient (Wildman–Crippen LogP) is 0.563. The second-order valence-corrected chi connectivity index (χ2v) is 7.99. The molecule has 2 unspecified atom stereocenters. The van der Waals surface area contributed by atoms with Crippen molar-refractivity contribution in [3.8, 4) is 0 Å². The van der Waals surface area contributed by atoms with Gasteiger partial charge in [-0.1, -0.05) is 12.8 Å². The molecule has 1 aliphatic carbocycles. The minimum absolute atomic E-state index is 0.0523. The van der Waals surface area contributed by atoms with Gasteiger partial charge in [-0.3, -0.25) is 4.79 Å². The van der Waals surface area contributed by atoms with E-state index in [4.69, 9.17) is 5.11 Å². The van der Waals surface area contributed by atoms with Gasteiger partial charge in [-0.25, -0.2) is 13.2 Å². The van der Waals surface area contributed by atoms with Crippen LogP contribution in [0.15, 0.2) is 0 Å². The van der Waals surface area contributed by atoms with Crippen molar-refractivity contribution in [3.63, 3.8) is 0 Å². The third-order valence-electron chi connectivity index (χ3n) is 3.89. The van der Waals surface area contributed by atoms with E-state index in [0.29, 0.717) is 13.0 Å². The van der Waals surface area contributed by atoms with Gasteiger partial charge < -0.3 is 15.3 Å². The van der Waals surface area contributed by atoms with Crippen molar-refractivity contribution in [3.05, 3.63) is 0 Å². The molecule has 0 saturated heterocycles. The molecule has 1 saturated carbocycles. The van der Waals surface area contributed by atoms with Crippen LogP contribution in [0.3, 0.4) is 0 Å². The third-order valence-corrected chi connectivity index (χ3v) is 4.81. The van der Waals surface area contributed by atoms with E-state index < -0.39 is 21.7 Å². The maximum absolute atomic E-state index is 11.9. The number of nitrogens with one attached hydrogen (secondary N) is 1. The summed E-state index contributed by atoms with van der Waals surface area (Å²) in [5.41, 5.74) is 0. The lowest BCUT2D eigenvalue weighted by Gasteiger charge is -2.29. The van der Waals surface area contributed by atoms with Gasteiger partial charge >= 0.3 is 12.0 Å². The highest BCUT2D eigenvalue weighted by molar-refractivity contribution is 7.90. The first kappa shape index (κ1) is 17.7. The van der Waals surface area contributed by atoms with Crippen LogP contribution < -0.4 is 5.32 Å². The van der Waals surface area contributed by atoms with Gasteiger partial charge in [-0.05, 0) is 18.8 Å². The fourth-order valence-corrected chi connectivity index (χ4v) is 3.14. The molecule has 8 heteroatoms. The first-order chi connectivity index (χ1) is 9.70. The second-order valence-electron chi connectivity index (χ2n) is 5.73. The maximum Gasteiger partial charge on any atom is 0.317 e. The molecule has 7 nitrogen and oxygen atoms in total. The first-order valence-corrected chi connectivity index (χ1v) is 9.16. The van der Waals surface area contributed by atoms with Gasteiger partial charge in [0.1, 0.15) is 9.84 Å². The van der Waals surface area contributed by atoms with Gasteiger partial charge in [0.2, 0.25) is 0 Å². The Labute approximate surface area is 125 Å². The number of carboxylic acids is 1. The van der Waals surface area contributed by atoms with E-state index in [0.717, 1.165) is 25.5 Å². The Morgan fingerprint density at radius 2 is 1.90 bits per heavy atom. The molecule has 0 bridgehead atoms. The molecule has 0 aromatic rings. The summed E-state index contributed by atoms with van der Waals surface area (Å²) in [7, 11) is -1.58. The molecule has 122 valence electrons. The van der Waals surface area contributed by atoms with Crippen LogP contribution in [-0.2, 0) is 14.6 Å². The molecule has 2 N–H and O–H groups in total. The zero-order valence-electron chi connectivity index (χ0n) is 12.5. The Balaban J connectivity index is 2.42. The summed E-state index contributed by atoms with van der Waals surface area (Å²) in [6.45, 7) is 0.441. The number of aliphatic carboxylic acids is 1. The van der Waals surface area contributed by atoms with E-state index in [-0.39, 0.29) is 24.2 Å². The molecule has 2 atom stereocenters. The van der Waals surface area contributed by atoms with Crippen molar-refractivity contribution in [2.45, 2.75) is 25.7 Å². The van der Waals surface area contributed by atoms with Gasteiger partial charge in [0.15, 0.2) is 0 Å². The molecule has 0 aromatic heterocycles. The molecule has 0 aromatic carbocycles. The topological polar surface area (TPSA) is 104 Å². The number of amides is 2. The monoisotopic (exact) mass is 320 g/mol. The van der Waals surface area contributed by atoms with Crippen LogP contribution in [0.25, 0.3) is 0 Å². The number of carbonyl (C=O) groups is 2. The highest BCUT2D eigenvalue weighted by Gasteiger charge is 2.31. The summed E-state index contributed by atoms with van der Waals surface area (Å²) < 4.78 is 22.1. The summed E-state index contributed by atoms with van der Waals surface area (Å²) in [4.78, 5) is 24.3. The SMILES string of the molecule is CN(CCS(C)(=O)=O)C(=O)NCC1CCCCC1C(=O)O. The molecule has 0 heterocycles. The van der Waals surface area contributed by atoms with E-state index in [1.807, 2.05) is 0 Å².